The van der Waals surface area contributed by atoms with Crippen molar-refractivity contribution in [1.82, 2.24) is 10.3 Å². The lowest BCUT2D eigenvalue weighted by atomic mass is 10.2. The smallest absolute Gasteiger partial charge is 0.357 e. The van der Waals surface area contributed by atoms with Crippen molar-refractivity contribution in [3.05, 3.63) is 30.1 Å². The molecule has 1 aliphatic rings. The van der Waals surface area contributed by atoms with Gasteiger partial charge in [0.1, 0.15) is 5.69 Å². The van der Waals surface area contributed by atoms with Crippen LogP contribution in [0.2, 0.25) is 0 Å². The van der Waals surface area contributed by atoms with E-state index in [4.69, 9.17) is 4.74 Å². The van der Waals surface area contributed by atoms with Crippen LogP contribution < -0.4 is 5.32 Å². The van der Waals surface area contributed by atoms with Crippen molar-refractivity contribution in [3.8, 4) is 0 Å². The molecule has 2 rings (SSSR count). The molecule has 18 heavy (non-hydrogen) atoms. The number of ether oxygens (including phenoxy) is 1. The van der Waals surface area contributed by atoms with Crippen LogP contribution in [0.3, 0.4) is 0 Å². The van der Waals surface area contributed by atoms with Crippen molar-refractivity contribution in [2.24, 2.45) is 5.92 Å². The Balaban J connectivity index is 1.74. The van der Waals surface area contributed by atoms with Crippen LogP contribution in [0.4, 0.5) is 0 Å². The topological polar surface area (TPSA) is 68.3 Å². The molecule has 0 bridgehead atoms. The summed E-state index contributed by atoms with van der Waals surface area (Å²) in [6.45, 7) is 1.71. The minimum atomic E-state index is -0.579. The van der Waals surface area contributed by atoms with Gasteiger partial charge in [-0.05, 0) is 37.8 Å². The molecule has 0 saturated heterocycles. The second kappa shape index (κ2) is 5.62. The number of hydrogen-bond donors (Lipinski definition) is 1. The predicted octanol–water partition coefficient (Wildman–Crippen LogP) is 1.15. The Morgan fingerprint density at radius 1 is 1.50 bits per heavy atom. The summed E-state index contributed by atoms with van der Waals surface area (Å²) >= 11 is 0. The van der Waals surface area contributed by atoms with Gasteiger partial charge in [-0.2, -0.15) is 0 Å². The Kier molecular flexibility index (Phi) is 3.92. The number of nitrogens with one attached hydrogen (secondary N) is 1. The minimum Gasteiger partial charge on any atom is -0.451 e. The zero-order valence-electron chi connectivity index (χ0n) is 10.3. The standard InChI is InChI=1S/C13H16N2O3/c1-9(10-5-6-10)15-12(16)8-18-13(17)11-4-2-3-7-14-11/h2-4,7,9-10H,5-6,8H2,1H3,(H,15,16)/t9-/m1/s1. The molecular weight excluding hydrogens is 232 g/mol. The summed E-state index contributed by atoms with van der Waals surface area (Å²) in [5.41, 5.74) is 0.209. The van der Waals surface area contributed by atoms with Crippen molar-refractivity contribution in [2.45, 2.75) is 25.8 Å². The first-order valence-electron chi connectivity index (χ1n) is 6.04. The summed E-state index contributed by atoms with van der Waals surface area (Å²) < 4.78 is 4.88. The molecule has 0 unspecified atom stereocenters. The third kappa shape index (κ3) is 3.55. The number of nitrogens with zero attached hydrogens (tertiary/aromatic N) is 1. The molecule has 1 heterocycles. The van der Waals surface area contributed by atoms with Crippen LogP contribution in [0.5, 0.6) is 0 Å². The fraction of sp³-hybridized carbons (Fsp3) is 0.462. The van der Waals surface area contributed by atoms with E-state index < -0.39 is 5.97 Å². The van der Waals surface area contributed by atoms with Crippen LogP contribution in [0.25, 0.3) is 0 Å². The Bertz CT molecular complexity index is 429. The zero-order valence-corrected chi connectivity index (χ0v) is 10.3. The van der Waals surface area contributed by atoms with Crippen LogP contribution >= 0.6 is 0 Å². The van der Waals surface area contributed by atoms with E-state index in [2.05, 4.69) is 10.3 Å². The van der Waals surface area contributed by atoms with Gasteiger partial charge in [-0.15, -0.1) is 0 Å². The van der Waals surface area contributed by atoms with Gasteiger partial charge in [0.05, 0.1) is 0 Å². The molecule has 1 fully saturated rings. The number of amides is 1. The van der Waals surface area contributed by atoms with Gasteiger partial charge >= 0.3 is 5.97 Å². The lowest BCUT2D eigenvalue weighted by Gasteiger charge is -2.12. The van der Waals surface area contributed by atoms with Crippen molar-refractivity contribution in [3.63, 3.8) is 0 Å². The van der Waals surface area contributed by atoms with E-state index in [9.17, 15) is 9.59 Å². The van der Waals surface area contributed by atoms with E-state index in [0.717, 1.165) is 12.8 Å². The van der Waals surface area contributed by atoms with Crippen LogP contribution in [-0.2, 0) is 9.53 Å². The number of hydrogen-bond acceptors (Lipinski definition) is 4. The lowest BCUT2D eigenvalue weighted by molar-refractivity contribution is -0.125. The Labute approximate surface area is 106 Å². The third-order valence-corrected chi connectivity index (χ3v) is 2.93. The Morgan fingerprint density at radius 2 is 2.28 bits per heavy atom. The van der Waals surface area contributed by atoms with Gasteiger partial charge in [-0.25, -0.2) is 9.78 Å². The first-order chi connectivity index (χ1) is 8.66. The normalized spacial score (nSPS) is 15.8. The SMILES string of the molecule is C[C@@H](NC(=O)COC(=O)c1ccccn1)C1CC1. The summed E-state index contributed by atoms with van der Waals surface area (Å²) in [4.78, 5) is 26.9. The second-order valence-corrected chi connectivity index (χ2v) is 4.48. The number of esters is 1. The monoisotopic (exact) mass is 248 g/mol. The van der Waals surface area contributed by atoms with Gasteiger partial charge in [0, 0.05) is 12.2 Å². The second-order valence-electron chi connectivity index (χ2n) is 4.48. The van der Waals surface area contributed by atoms with Gasteiger partial charge in [-0.3, -0.25) is 4.79 Å². The maximum atomic E-state index is 11.5. The van der Waals surface area contributed by atoms with E-state index >= 15 is 0 Å². The maximum Gasteiger partial charge on any atom is 0.357 e. The minimum absolute atomic E-state index is 0.158. The van der Waals surface area contributed by atoms with E-state index in [-0.39, 0.29) is 24.2 Å². The average molecular weight is 248 g/mol. The number of carbonyl (C=O) groups is 2. The molecule has 1 N–H and O–H groups in total. The van der Waals surface area contributed by atoms with Crippen LogP contribution in [0.15, 0.2) is 24.4 Å². The first-order valence-corrected chi connectivity index (χ1v) is 6.04. The van der Waals surface area contributed by atoms with Crippen LogP contribution in [0, 0.1) is 5.92 Å². The first kappa shape index (κ1) is 12.5. The molecule has 1 aromatic heterocycles. The highest BCUT2D eigenvalue weighted by Crippen LogP contribution is 2.32. The number of carbonyl (C=O) groups excluding carboxylic acids is 2. The van der Waals surface area contributed by atoms with Crippen molar-refractivity contribution in [1.29, 1.82) is 0 Å². The molecule has 96 valence electrons. The van der Waals surface area contributed by atoms with Gasteiger partial charge in [0.2, 0.25) is 0 Å². The summed E-state index contributed by atoms with van der Waals surface area (Å²) in [5.74, 6) is -0.260. The predicted molar refractivity (Wildman–Crippen MR) is 64.8 cm³/mol. The fourth-order valence-corrected chi connectivity index (χ4v) is 1.70. The average Bonchev–Trinajstić information content (AvgIpc) is 3.21. The van der Waals surface area contributed by atoms with Gasteiger partial charge < -0.3 is 10.1 Å². The van der Waals surface area contributed by atoms with Crippen molar-refractivity contribution < 1.29 is 14.3 Å². The summed E-state index contributed by atoms with van der Waals surface area (Å²) in [6.07, 6.45) is 3.83. The molecule has 5 heteroatoms. The highest BCUT2D eigenvalue weighted by molar-refractivity contribution is 5.89. The fourth-order valence-electron chi connectivity index (χ4n) is 1.70. The molecule has 1 aromatic rings. The molecule has 0 spiro atoms. The van der Waals surface area contributed by atoms with E-state index in [1.807, 2.05) is 6.92 Å². The molecule has 1 amide bonds. The number of pyridine rings is 1. The summed E-state index contributed by atoms with van der Waals surface area (Å²) in [7, 11) is 0. The maximum absolute atomic E-state index is 11.5. The van der Waals surface area contributed by atoms with Gasteiger partial charge in [0.15, 0.2) is 6.61 Å². The Hall–Kier alpha value is -1.91. The Morgan fingerprint density at radius 3 is 2.89 bits per heavy atom. The molecule has 1 atom stereocenters. The highest BCUT2D eigenvalue weighted by Gasteiger charge is 2.28. The van der Waals surface area contributed by atoms with E-state index in [0.29, 0.717) is 5.92 Å². The molecule has 0 aliphatic heterocycles. The highest BCUT2D eigenvalue weighted by atomic mass is 16.5. The zero-order chi connectivity index (χ0) is 13.0. The third-order valence-electron chi connectivity index (χ3n) is 2.93. The molecule has 0 radical (unpaired) electrons. The molecule has 1 aliphatic carbocycles. The van der Waals surface area contributed by atoms with Gasteiger partial charge in [0.25, 0.3) is 5.91 Å². The molecular formula is C13H16N2O3. The largest absolute Gasteiger partial charge is 0.451 e. The van der Waals surface area contributed by atoms with E-state index in [1.54, 1.807) is 18.2 Å². The quantitative estimate of drug-likeness (QED) is 0.794. The van der Waals surface area contributed by atoms with Crippen molar-refractivity contribution >= 4 is 11.9 Å². The summed E-state index contributed by atoms with van der Waals surface area (Å²) in [5, 5.41) is 2.81. The molecule has 0 aromatic carbocycles. The van der Waals surface area contributed by atoms with Crippen LogP contribution in [0.1, 0.15) is 30.3 Å². The van der Waals surface area contributed by atoms with Gasteiger partial charge in [-0.1, -0.05) is 6.07 Å². The summed E-state index contributed by atoms with van der Waals surface area (Å²) in [6, 6.07) is 5.11. The number of rotatable bonds is 5. The molecule has 5 nitrogen and oxygen atoms in total. The molecule has 1 saturated carbocycles. The number of aromatic nitrogens is 1. The van der Waals surface area contributed by atoms with Crippen molar-refractivity contribution in [2.75, 3.05) is 6.61 Å². The van der Waals surface area contributed by atoms with Crippen LogP contribution in [-0.4, -0.2) is 29.5 Å². The lowest BCUT2D eigenvalue weighted by Crippen LogP contribution is -2.37. The van der Waals surface area contributed by atoms with E-state index in [1.165, 1.54) is 6.20 Å².